The van der Waals surface area contributed by atoms with Gasteiger partial charge in [0.25, 0.3) is 0 Å². The van der Waals surface area contributed by atoms with Crippen molar-refractivity contribution in [3.8, 4) is 0 Å². The van der Waals surface area contributed by atoms with Crippen molar-refractivity contribution >= 4 is 5.97 Å². The van der Waals surface area contributed by atoms with Gasteiger partial charge in [0.1, 0.15) is 0 Å². The molecule has 0 amide bonds. The van der Waals surface area contributed by atoms with Crippen LogP contribution in [-0.2, 0) is 4.79 Å². The molecule has 0 saturated carbocycles. The van der Waals surface area contributed by atoms with E-state index in [2.05, 4.69) is 39.5 Å². The van der Waals surface area contributed by atoms with Gasteiger partial charge in [0.05, 0.1) is 6.42 Å². The van der Waals surface area contributed by atoms with Crippen LogP contribution in [0, 0.1) is 5.92 Å². The summed E-state index contributed by atoms with van der Waals surface area (Å²) < 4.78 is 0. The molecule has 0 heterocycles. The van der Waals surface area contributed by atoms with Crippen LogP contribution in [0.3, 0.4) is 0 Å². The summed E-state index contributed by atoms with van der Waals surface area (Å²) in [6, 6.07) is 0.559. The van der Waals surface area contributed by atoms with Gasteiger partial charge in [-0.05, 0) is 26.3 Å². The second kappa shape index (κ2) is 6.02. The minimum atomic E-state index is -0.706. The van der Waals surface area contributed by atoms with Crippen molar-refractivity contribution in [1.82, 2.24) is 4.90 Å². The number of hydrogen-bond acceptors (Lipinski definition) is 2. The van der Waals surface area contributed by atoms with Crippen LogP contribution in [0.1, 0.15) is 41.0 Å². The third-order valence-corrected chi connectivity index (χ3v) is 2.61. The van der Waals surface area contributed by atoms with Crippen LogP contribution < -0.4 is 0 Å². The van der Waals surface area contributed by atoms with Gasteiger partial charge in [-0.1, -0.05) is 20.8 Å². The first kappa shape index (κ1) is 13.4. The molecule has 14 heavy (non-hydrogen) atoms. The second-order valence-electron chi connectivity index (χ2n) is 4.33. The zero-order chi connectivity index (χ0) is 11.3. The van der Waals surface area contributed by atoms with Gasteiger partial charge < -0.3 is 5.11 Å². The van der Waals surface area contributed by atoms with Gasteiger partial charge >= 0.3 is 5.97 Å². The average molecular weight is 201 g/mol. The maximum atomic E-state index is 10.7. The molecule has 0 spiro atoms. The van der Waals surface area contributed by atoms with Gasteiger partial charge in [-0.3, -0.25) is 9.69 Å². The number of nitrogens with zero attached hydrogens (tertiary/aromatic N) is 1. The van der Waals surface area contributed by atoms with E-state index in [1.54, 1.807) is 0 Å². The van der Waals surface area contributed by atoms with Crippen LogP contribution in [0.4, 0.5) is 0 Å². The van der Waals surface area contributed by atoms with E-state index >= 15 is 0 Å². The molecule has 0 aromatic heterocycles. The zero-order valence-electron chi connectivity index (χ0n) is 9.95. The summed E-state index contributed by atoms with van der Waals surface area (Å²) in [4.78, 5) is 13.0. The van der Waals surface area contributed by atoms with Crippen LogP contribution in [-0.4, -0.2) is 34.6 Å². The predicted octanol–water partition coefficient (Wildman–Crippen LogP) is 2.22. The minimum Gasteiger partial charge on any atom is -0.481 e. The highest BCUT2D eigenvalue weighted by molar-refractivity contribution is 5.67. The van der Waals surface area contributed by atoms with E-state index in [1.807, 2.05) is 0 Å². The van der Waals surface area contributed by atoms with E-state index in [-0.39, 0.29) is 12.5 Å². The molecule has 0 fully saturated rings. The molecule has 1 atom stereocenters. The van der Waals surface area contributed by atoms with E-state index in [0.717, 1.165) is 6.54 Å². The lowest BCUT2D eigenvalue weighted by Crippen LogP contribution is -2.44. The van der Waals surface area contributed by atoms with Crippen LogP contribution >= 0.6 is 0 Å². The Bertz CT molecular complexity index is 178. The Labute approximate surface area is 87.1 Å². The largest absolute Gasteiger partial charge is 0.481 e. The van der Waals surface area contributed by atoms with E-state index < -0.39 is 5.97 Å². The molecule has 0 bridgehead atoms. The highest BCUT2D eigenvalue weighted by atomic mass is 16.4. The molecule has 0 aliphatic carbocycles. The van der Waals surface area contributed by atoms with Gasteiger partial charge in [-0.15, -0.1) is 0 Å². The monoisotopic (exact) mass is 201 g/mol. The summed E-state index contributed by atoms with van der Waals surface area (Å²) in [6.45, 7) is 11.4. The van der Waals surface area contributed by atoms with Gasteiger partial charge in [0.15, 0.2) is 0 Å². The van der Waals surface area contributed by atoms with Crippen LogP contribution in [0.2, 0.25) is 0 Å². The Morgan fingerprint density at radius 2 is 1.79 bits per heavy atom. The fourth-order valence-corrected chi connectivity index (χ4v) is 1.90. The summed E-state index contributed by atoms with van der Waals surface area (Å²) in [5, 5.41) is 8.83. The molecule has 0 radical (unpaired) electrons. The molecular weight excluding hydrogens is 178 g/mol. The van der Waals surface area contributed by atoms with E-state index in [1.165, 1.54) is 0 Å². The molecule has 0 rings (SSSR count). The summed E-state index contributed by atoms with van der Waals surface area (Å²) in [5.41, 5.74) is 0. The van der Waals surface area contributed by atoms with Crippen molar-refractivity contribution in [3.05, 3.63) is 0 Å². The molecule has 0 aliphatic heterocycles. The van der Waals surface area contributed by atoms with E-state index in [4.69, 9.17) is 5.11 Å². The molecule has 0 aromatic carbocycles. The highest BCUT2D eigenvalue weighted by Gasteiger charge is 2.24. The lowest BCUT2D eigenvalue weighted by molar-refractivity contribution is -0.139. The van der Waals surface area contributed by atoms with Crippen LogP contribution in [0.25, 0.3) is 0 Å². The number of hydrogen-bond donors (Lipinski definition) is 1. The fraction of sp³-hybridized carbons (Fsp3) is 0.909. The van der Waals surface area contributed by atoms with Crippen molar-refractivity contribution in [2.24, 2.45) is 5.92 Å². The van der Waals surface area contributed by atoms with Crippen molar-refractivity contribution in [1.29, 1.82) is 0 Å². The number of carboxylic acids is 1. The molecule has 1 N–H and O–H groups in total. The fourth-order valence-electron chi connectivity index (χ4n) is 1.90. The Kier molecular flexibility index (Phi) is 5.77. The Morgan fingerprint density at radius 3 is 2.00 bits per heavy atom. The Hall–Kier alpha value is -0.570. The lowest BCUT2D eigenvalue weighted by atomic mass is 9.98. The maximum Gasteiger partial charge on any atom is 0.304 e. The lowest BCUT2D eigenvalue weighted by Gasteiger charge is -2.35. The van der Waals surface area contributed by atoms with E-state index in [9.17, 15) is 4.79 Å². The zero-order valence-corrected chi connectivity index (χ0v) is 9.95. The predicted molar refractivity (Wildman–Crippen MR) is 58.4 cm³/mol. The summed E-state index contributed by atoms with van der Waals surface area (Å²) in [6.07, 6.45) is 0.240. The third-order valence-electron chi connectivity index (χ3n) is 2.61. The average Bonchev–Trinajstić information content (AvgIpc) is 2.02. The normalized spacial score (nSPS) is 14.0. The van der Waals surface area contributed by atoms with Crippen molar-refractivity contribution < 1.29 is 9.90 Å². The molecule has 84 valence electrons. The van der Waals surface area contributed by atoms with Crippen LogP contribution in [0.5, 0.6) is 0 Å². The second-order valence-corrected chi connectivity index (χ2v) is 4.33. The van der Waals surface area contributed by atoms with Gasteiger partial charge in [0, 0.05) is 12.1 Å². The molecular formula is C11H23NO2. The van der Waals surface area contributed by atoms with E-state index in [0.29, 0.717) is 12.0 Å². The number of rotatable bonds is 6. The van der Waals surface area contributed by atoms with Crippen LogP contribution in [0.15, 0.2) is 0 Å². The molecule has 3 nitrogen and oxygen atoms in total. The molecule has 0 aliphatic rings. The summed E-state index contributed by atoms with van der Waals surface area (Å²) >= 11 is 0. The SMILES string of the molecule is CCN(C(C)C)C(CC(=O)O)C(C)C. The Balaban J connectivity index is 4.51. The van der Waals surface area contributed by atoms with Crippen molar-refractivity contribution in [2.45, 2.75) is 53.1 Å². The Morgan fingerprint density at radius 1 is 1.29 bits per heavy atom. The molecule has 1 unspecified atom stereocenters. The van der Waals surface area contributed by atoms with Gasteiger partial charge in [0.2, 0.25) is 0 Å². The standard InChI is InChI=1S/C11H23NO2/c1-6-12(9(4)5)10(8(2)3)7-11(13)14/h8-10H,6-7H2,1-5H3,(H,13,14). The maximum absolute atomic E-state index is 10.7. The first-order chi connectivity index (χ1) is 6.40. The highest BCUT2D eigenvalue weighted by Crippen LogP contribution is 2.17. The topological polar surface area (TPSA) is 40.5 Å². The number of aliphatic carboxylic acids is 1. The molecule has 0 aromatic rings. The van der Waals surface area contributed by atoms with Gasteiger partial charge in [-0.25, -0.2) is 0 Å². The third kappa shape index (κ3) is 4.09. The number of carboxylic acid groups (broad SMARTS) is 1. The van der Waals surface area contributed by atoms with Gasteiger partial charge in [-0.2, -0.15) is 0 Å². The summed E-state index contributed by atoms with van der Waals surface area (Å²) in [5.74, 6) is -0.323. The van der Waals surface area contributed by atoms with Crippen molar-refractivity contribution in [2.75, 3.05) is 6.54 Å². The molecule has 3 heteroatoms. The molecule has 0 saturated heterocycles. The minimum absolute atomic E-state index is 0.150. The first-order valence-corrected chi connectivity index (χ1v) is 5.37. The number of carbonyl (C=O) groups is 1. The summed E-state index contributed by atoms with van der Waals surface area (Å²) in [7, 11) is 0. The van der Waals surface area contributed by atoms with Crippen molar-refractivity contribution in [3.63, 3.8) is 0 Å². The quantitative estimate of drug-likeness (QED) is 0.716. The smallest absolute Gasteiger partial charge is 0.304 e. The first-order valence-electron chi connectivity index (χ1n) is 5.37.